The highest BCUT2D eigenvalue weighted by atomic mass is 32.1. The smallest absolute Gasteiger partial charge is 0.321 e. The Bertz CT molecular complexity index is 719. The topological polar surface area (TPSA) is 61.4 Å². The van der Waals surface area contributed by atoms with Gasteiger partial charge >= 0.3 is 6.03 Å². The van der Waals surface area contributed by atoms with Crippen molar-refractivity contribution in [2.75, 3.05) is 23.3 Å². The van der Waals surface area contributed by atoms with Crippen molar-refractivity contribution in [2.45, 2.75) is 13.8 Å². The van der Waals surface area contributed by atoms with Crippen molar-refractivity contribution in [1.82, 2.24) is 5.32 Å². The first kappa shape index (κ1) is 14.6. The number of hydrogen-bond donors (Lipinski definition) is 2. The van der Waals surface area contributed by atoms with Gasteiger partial charge in [0.2, 0.25) is 0 Å². The van der Waals surface area contributed by atoms with Crippen molar-refractivity contribution in [2.24, 2.45) is 0 Å². The molecule has 6 heteroatoms. The van der Waals surface area contributed by atoms with Crippen molar-refractivity contribution in [3.63, 3.8) is 0 Å². The van der Waals surface area contributed by atoms with Gasteiger partial charge in [-0.05, 0) is 43.7 Å². The SMILES string of the molecule is Cc1cc(C(=O)Nc2cccc(N3CCNC3=O)c2)sc1C. The quantitative estimate of drug-likeness (QED) is 0.914. The van der Waals surface area contributed by atoms with E-state index in [0.717, 1.165) is 16.1 Å². The zero-order chi connectivity index (χ0) is 15.7. The summed E-state index contributed by atoms with van der Waals surface area (Å²) in [5.41, 5.74) is 2.59. The van der Waals surface area contributed by atoms with E-state index < -0.39 is 0 Å². The third-order valence-corrected chi connectivity index (χ3v) is 4.81. The highest BCUT2D eigenvalue weighted by molar-refractivity contribution is 7.14. The summed E-state index contributed by atoms with van der Waals surface area (Å²) < 4.78 is 0. The number of urea groups is 1. The first-order valence-electron chi connectivity index (χ1n) is 7.08. The van der Waals surface area contributed by atoms with Crippen LogP contribution in [-0.4, -0.2) is 25.0 Å². The Balaban J connectivity index is 1.78. The van der Waals surface area contributed by atoms with Crippen LogP contribution in [0.15, 0.2) is 30.3 Å². The summed E-state index contributed by atoms with van der Waals surface area (Å²) in [6, 6.07) is 9.13. The van der Waals surface area contributed by atoms with Gasteiger partial charge in [0.25, 0.3) is 5.91 Å². The van der Waals surface area contributed by atoms with E-state index in [2.05, 4.69) is 10.6 Å². The number of thiophene rings is 1. The van der Waals surface area contributed by atoms with E-state index in [1.807, 2.05) is 44.2 Å². The summed E-state index contributed by atoms with van der Waals surface area (Å²) in [6.45, 7) is 5.28. The monoisotopic (exact) mass is 315 g/mol. The van der Waals surface area contributed by atoms with Crippen LogP contribution in [0.25, 0.3) is 0 Å². The van der Waals surface area contributed by atoms with E-state index in [1.165, 1.54) is 11.3 Å². The summed E-state index contributed by atoms with van der Waals surface area (Å²) >= 11 is 1.49. The molecule has 2 N–H and O–H groups in total. The fourth-order valence-electron chi connectivity index (χ4n) is 2.35. The fourth-order valence-corrected chi connectivity index (χ4v) is 3.28. The molecule has 2 heterocycles. The van der Waals surface area contributed by atoms with E-state index in [4.69, 9.17) is 0 Å². The average Bonchev–Trinajstić information content (AvgIpc) is 3.06. The van der Waals surface area contributed by atoms with Gasteiger partial charge in [0.1, 0.15) is 0 Å². The van der Waals surface area contributed by atoms with Crippen molar-refractivity contribution < 1.29 is 9.59 Å². The molecule has 3 rings (SSSR count). The summed E-state index contributed by atoms with van der Waals surface area (Å²) in [4.78, 5) is 27.5. The summed E-state index contributed by atoms with van der Waals surface area (Å²) in [7, 11) is 0. The first-order chi connectivity index (χ1) is 10.5. The van der Waals surface area contributed by atoms with E-state index in [9.17, 15) is 9.59 Å². The molecule has 0 unspecified atom stereocenters. The maximum absolute atomic E-state index is 12.3. The number of benzene rings is 1. The molecular weight excluding hydrogens is 298 g/mol. The zero-order valence-electron chi connectivity index (χ0n) is 12.5. The predicted octanol–water partition coefficient (Wildman–Crippen LogP) is 3.15. The molecule has 3 amide bonds. The summed E-state index contributed by atoms with van der Waals surface area (Å²) in [6.07, 6.45) is 0. The molecule has 114 valence electrons. The number of carbonyl (C=O) groups is 2. The number of hydrogen-bond acceptors (Lipinski definition) is 3. The molecule has 0 aliphatic carbocycles. The highest BCUT2D eigenvalue weighted by Gasteiger charge is 2.21. The molecule has 1 aromatic carbocycles. The van der Waals surface area contributed by atoms with Crippen molar-refractivity contribution in [3.05, 3.63) is 45.6 Å². The Labute approximate surface area is 132 Å². The Hall–Kier alpha value is -2.34. The largest absolute Gasteiger partial charge is 0.336 e. The van der Waals surface area contributed by atoms with Crippen LogP contribution in [0, 0.1) is 13.8 Å². The second-order valence-electron chi connectivity index (χ2n) is 5.24. The molecule has 0 spiro atoms. The van der Waals surface area contributed by atoms with Crippen LogP contribution in [0.5, 0.6) is 0 Å². The highest BCUT2D eigenvalue weighted by Crippen LogP contribution is 2.24. The standard InChI is InChI=1S/C16H17N3O2S/c1-10-8-14(22-11(10)2)15(20)18-12-4-3-5-13(9-12)19-7-6-17-16(19)21/h3-5,8-9H,6-7H2,1-2H3,(H,17,21)(H,18,20). The van der Waals surface area contributed by atoms with Gasteiger partial charge in [0, 0.05) is 29.3 Å². The normalized spacial score (nSPS) is 14.1. The van der Waals surface area contributed by atoms with Gasteiger partial charge in [-0.25, -0.2) is 4.79 Å². The molecule has 22 heavy (non-hydrogen) atoms. The lowest BCUT2D eigenvalue weighted by Crippen LogP contribution is -2.27. The number of carbonyl (C=O) groups excluding carboxylic acids is 2. The number of rotatable bonds is 3. The Morgan fingerprint density at radius 2 is 2.14 bits per heavy atom. The first-order valence-corrected chi connectivity index (χ1v) is 7.90. The van der Waals surface area contributed by atoms with Gasteiger partial charge in [-0.3, -0.25) is 9.69 Å². The van der Waals surface area contributed by atoms with E-state index >= 15 is 0 Å². The number of nitrogens with one attached hydrogen (secondary N) is 2. The van der Waals surface area contributed by atoms with Gasteiger partial charge < -0.3 is 10.6 Å². The lowest BCUT2D eigenvalue weighted by molar-refractivity contribution is 0.103. The van der Waals surface area contributed by atoms with Crippen LogP contribution in [-0.2, 0) is 0 Å². The molecule has 0 saturated carbocycles. The number of nitrogens with zero attached hydrogens (tertiary/aromatic N) is 1. The van der Waals surface area contributed by atoms with Crippen LogP contribution in [0.4, 0.5) is 16.2 Å². The van der Waals surface area contributed by atoms with Gasteiger partial charge in [0.05, 0.1) is 4.88 Å². The average molecular weight is 315 g/mol. The minimum absolute atomic E-state index is 0.104. The van der Waals surface area contributed by atoms with Crippen LogP contribution in [0.1, 0.15) is 20.1 Å². The van der Waals surface area contributed by atoms with E-state index in [-0.39, 0.29) is 11.9 Å². The lowest BCUT2D eigenvalue weighted by Gasteiger charge is -2.15. The zero-order valence-corrected chi connectivity index (χ0v) is 13.3. The molecule has 1 fully saturated rings. The number of amides is 3. The van der Waals surface area contributed by atoms with E-state index in [1.54, 1.807) is 4.90 Å². The van der Waals surface area contributed by atoms with Gasteiger partial charge in [-0.1, -0.05) is 6.07 Å². The molecule has 1 saturated heterocycles. The molecule has 1 aliphatic heterocycles. The predicted molar refractivity (Wildman–Crippen MR) is 88.9 cm³/mol. The van der Waals surface area contributed by atoms with Gasteiger partial charge in [-0.2, -0.15) is 0 Å². The molecule has 1 aromatic heterocycles. The van der Waals surface area contributed by atoms with Crippen LogP contribution in [0.3, 0.4) is 0 Å². The second-order valence-corrected chi connectivity index (χ2v) is 6.49. The maximum Gasteiger partial charge on any atom is 0.321 e. The molecule has 0 bridgehead atoms. The number of anilines is 2. The molecule has 1 aliphatic rings. The van der Waals surface area contributed by atoms with Gasteiger partial charge in [0.15, 0.2) is 0 Å². The Kier molecular flexibility index (Phi) is 3.85. The van der Waals surface area contributed by atoms with Gasteiger partial charge in [-0.15, -0.1) is 11.3 Å². The molecule has 0 atom stereocenters. The van der Waals surface area contributed by atoms with Crippen molar-refractivity contribution in [3.8, 4) is 0 Å². The minimum Gasteiger partial charge on any atom is -0.336 e. The third-order valence-electron chi connectivity index (χ3n) is 3.66. The molecule has 2 aromatic rings. The molecular formula is C16H17N3O2S. The van der Waals surface area contributed by atoms with Crippen molar-refractivity contribution in [1.29, 1.82) is 0 Å². The summed E-state index contributed by atoms with van der Waals surface area (Å²) in [5, 5.41) is 5.66. The minimum atomic E-state index is -0.121. The molecule has 5 nitrogen and oxygen atoms in total. The second kappa shape index (κ2) is 5.81. The maximum atomic E-state index is 12.3. The Morgan fingerprint density at radius 3 is 2.77 bits per heavy atom. The van der Waals surface area contributed by atoms with E-state index in [0.29, 0.717) is 23.7 Å². The lowest BCUT2D eigenvalue weighted by atomic mass is 10.2. The fraction of sp³-hybridized carbons (Fsp3) is 0.250. The summed E-state index contributed by atoms with van der Waals surface area (Å²) in [5.74, 6) is -0.121. The van der Waals surface area contributed by atoms with Crippen LogP contribution >= 0.6 is 11.3 Å². The van der Waals surface area contributed by atoms with Crippen LogP contribution < -0.4 is 15.5 Å². The van der Waals surface area contributed by atoms with Crippen molar-refractivity contribution >= 4 is 34.6 Å². The van der Waals surface area contributed by atoms with Crippen LogP contribution in [0.2, 0.25) is 0 Å². The third kappa shape index (κ3) is 2.82. The Morgan fingerprint density at radius 1 is 1.32 bits per heavy atom. The molecule has 0 radical (unpaired) electrons. The number of aryl methyl sites for hydroxylation is 2.